The van der Waals surface area contributed by atoms with Crippen LogP contribution in [0.2, 0.25) is 0 Å². The summed E-state index contributed by atoms with van der Waals surface area (Å²) in [6, 6.07) is 0.620. The van der Waals surface area contributed by atoms with Gasteiger partial charge in [0.15, 0.2) is 9.84 Å². The number of hydrogen-bond donors (Lipinski definition) is 1. The molecule has 16 heavy (non-hydrogen) atoms. The first-order valence-electron chi connectivity index (χ1n) is 5.92. The monoisotopic (exact) mass is 265 g/mol. The summed E-state index contributed by atoms with van der Waals surface area (Å²) in [5.41, 5.74) is 0. The van der Waals surface area contributed by atoms with Crippen LogP contribution in [0.25, 0.3) is 0 Å². The maximum Gasteiger partial charge on any atom is 0.151 e. The van der Waals surface area contributed by atoms with Crippen LogP contribution in [0.15, 0.2) is 0 Å². The second kappa shape index (κ2) is 6.26. The summed E-state index contributed by atoms with van der Waals surface area (Å²) in [6.45, 7) is 2.15. The molecular formula is C11H23NO2S2. The van der Waals surface area contributed by atoms with Gasteiger partial charge in [-0.2, -0.15) is 11.8 Å². The Labute approximate surface area is 104 Å². The fourth-order valence-electron chi connectivity index (χ4n) is 2.42. The molecule has 5 heteroatoms. The summed E-state index contributed by atoms with van der Waals surface area (Å²) in [5, 5.41) is 3.36. The molecule has 1 fully saturated rings. The van der Waals surface area contributed by atoms with Gasteiger partial charge in [0.05, 0.1) is 5.25 Å². The van der Waals surface area contributed by atoms with Gasteiger partial charge in [-0.3, -0.25) is 0 Å². The maximum absolute atomic E-state index is 11.6. The normalized spacial score (nSPS) is 28.2. The average molecular weight is 265 g/mol. The van der Waals surface area contributed by atoms with Crippen molar-refractivity contribution < 1.29 is 8.42 Å². The van der Waals surface area contributed by atoms with Crippen LogP contribution in [-0.2, 0) is 9.84 Å². The Morgan fingerprint density at radius 1 is 1.44 bits per heavy atom. The minimum atomic E-state index is -2.89. The molecule has 0 saturated heterocycles. The van der Waals surface area contributed by atoms with Gasteiger partial charge in [0.25, 0.3) is 0 Å². The molecule has 96 valence electrons. The van der Waals surface area contributed by atoms with Gasteiger partial charge in [-0.05, 0) is 25.5 Å². The molecule has 1 saturated carbocycles. The third-order valence-corrected chi connectivity index (χ3v) is 5.71. The van der Waals surface area contributed by atoms with Gasteiger partial charge in [0.2, 0.25) is 0 Å². The standard InChI is InChI=1S/C11H23NO2S2/c1-4-9(8-15-2)12-10-6-5-7-11(10)16(3,13)14/h9-12H,4-8H2,1-3H3. The first kappa shape index (κ1) is 14.3. The minimum absolute atomic E-state index is 0.164. The molecule has 0 amide bonds. The van der Waals surface area contributed by atoms with Crippen LogP contribution in [0.1, 0.15) is 32.6 Å². The molecule has 0 bridgehead atoms. The van der Waals surface area contributed by atoms with Crippen molar-refractivity contribution in [3.63, 3.8) is 0 Å². The summed E-state index contributed by atoms with van der Waals surface area (Å²) in [5.74, 6) is 1.06. The fraction of sp³-hybridized carbons (Fsp3) is 1.00. The lowest BCUT2D eigenvalue weighted by atomic mass is 10.2. The zero-order chi connectivity index (χ0) is 12.2. The van der Waals surface area contributed by atoms with E-state index in [1.165, 1.54) is 6.26 Å². The highest BCUT2D eigenvalue weighted by Crippen LogP contribution is 2.25. The van der Waals surface area contributed by atoms with Gasteiger partial charge in [-0.1, -0.05) is 13.3 Å². The van der Waals surface area contributed by atoms with Crippen molar-refractivity contribution >= 4 is 21.6 Å². The van der Waals surface area contributed by atoms with E-state index in [9.17, 15) is 8.42 Å². The highest BCUT2D eigenvalue weighted by atomic mass is 32.2. The van der Waals surface area contributed by atoms with Crippen molar-refractivity contribution in [2.45, 2.75) is 49.9 Å². The van der Waals surface area contributed by atoms with Crippen molar-refractivity contribution in [2.24, 2.45) is 0 Å². The van der Waals surface area contributed by atoms with Crippen LogP contribution in [0.5, 0.6) is 0 Å². The molecule has 0 aliphatic heterocycles. The van der Waals surface area contributed by atoms with Crippen LogP contribution >= 0.6 is 11.8 Å². The van der Waals surface area contributed by atoms with Crippen LogP contribution in [-0.4, -0.2) is 44.0 Å². The highest BCUT2D eigenvalue weighted by Gasteiger charge is 2.35. The molecule has 0 heterocycles. The molecule has 1 aliphatic rings. The molecule has 0 aromatic carbocycles. The van der Waals surface area contributed by atoms with Crippen LogP contribution in [0.4, 0.5) is 0 Å². The Morgan fingerprint density at radius 2 is 2.12 bits per heavy atom. The van der Waals surface area contributed by atoms with Gasteiger partial charge in [0, 0.05) is 24.1 Å². The third kappa shape index (κ3) is 3.93. The Balaban J connectivity index is 2.58. The summed E-state index contributed by atoms with van der Waals surface area (Å²) in [7, 11) is -2.89. The Hall–Kier alpha value is 0.260. The van der Waals surface area contributed by atoms with Crippen LogP contribution < -0.4 is 5.32 Å². The Kier molecular flexibility index (Phi) is 5.61. The van der Waals surface area contributed by atoms with E-state index in [0.717, 1.165) is 31.4 Å². The summed E-state index contributed by atoms with van der Waals surface area (Å²) < 4.78 is 23.3. The number of rotatable bonds is 6. The van der Waals surface area contributed by atoms with E-state index in [-0.39, 0.29) is 11.3 Å². The molecule has 3 nitrogen and oxygen atoms in total. The topological polar surface area (TPSA) is 46.2 Å². The van der Waals surface area contributed by atoms with E-state index in [1.807, 2.05) is 11.8 Å². The number of hydrogen-bond acceptors (Lipinski definition) is 4. The number of sulfone groups is 1. The molecule has 0 aromatic rings. The van der Waals surface area contributed by atoms with Gasteiger partial charge < -0.3 is 5.32 Å². The Bertz CT molecular complexity index is 303. The molecule has 1 rings (SSSR count). The molecule has 1 N–H and O–H groups in total. The zero-order valence-corrected chi connectivity index (χ0v) is 12.0. The van der Waals surface area contributed by atoms with Crippen molar-refractivity contribution in [3.8, 4) is 0 Å². The fourth-order valence-corrected chi connectivity index (χ4v) is 4.56. The van der Waals surface area contributed by atoms with E-state index >= 15 is 0 Å². The Morgan fingerprint density at radius 3 is 2.62 bits per heavy atom. The van der Waals surface area contributed by atoms with Crippen molar-refractivity contribution in [3.05, 3.63) is 0 Å². The van der Waals surface area contributed by atoms with Gasteiger partial charge in [0.1, 0.15) is 0 Å². The van der Waals surface area contributed by atoms with Crippen molar-refractivity contribution in [2.75, 3.05) is 18.3 Å². The second-order valence-corrected chi connectivity index (χ2v) is 7.81. The van der Waals surface area contributed by atoms with Crippen LogP contribution in [0, 0.1) is 0 Å². The quantitative estimate of drug-likeness (QED) is 0.794. The molecule has 1 aliphatic carbocycles. The smallest absolute Gasteiger partial charge is 0.151 e. The first-order chi connectivity index (χ1) is 7.49. The van der Waals surface area contributed by atoms with Crippen molar-refractivity contribution in [1.29, 1.82) is 0 Å². The lowest BCUT2D eigenvalue weighted by Gasteiger charge is -2.25. The van der Waals surface area contributed by atoms with Gasteiger partial charge in [-0.25, -0.2) is 8.42 Å². The van der Waals surface area contributed by atoms with Gasteiger partial charge >= 0.3 is 0 Å². The summed E-state index contributed by atoms with van der Waals surface area (Å²) in [6.07, 6.45) is 7.38. The van der Waals surface area contributed by atoms with E-state index in [0.29, 0.717) is 6.04 Å². The number of thioether (sulfide) groups is 1. The zero-order valence-electron chi connectivity index (χ0n) is 10.4. The molecule has 3 unspecified atom stereocenters. The highest BCUT2D eigenvalue weighted by molar-refractivity contribution is 7.98. The van der Waals surface area contributed by atoms with E-state index in [4.69, 9.17) is 0 Å². The molecule has 0 spiro atoms. The van der Waals surface area contributed by atoms with E-state index in [2.05, 4.69) is 18.5 Å². The van der Waals surface area contributed by atoms with E-state index in [1.54, 1.807) is 0 Å². The third-order valence-electron chi connectivity index (χ3n) is 3.31. The van der Waals surface area contributed by atoms with Crippen LogP contribution in [0.3, 0.4) is 0 Å². The summed E-state index contributed by atoms with van der Waals surface area (Å²) >= 11 is 1.81. The maximum atomic E-state index is 11.6. The predicted molar refractivity (Wildman–Crippen MR) is 71.9 cm³/mol. The molecule has 0 aromatic heterocycles. The second-order valence-electron chi connectivity index (χ2n) is 4.63. The predicted octanol–water partition coefficient (Wildman–Crippen LogP) is 1.68. The average Bonchev–Trinajstić information content (AvgIpc) is 2.64. The molecular weight excluding hydrogens is 242 g/mol. The largest absolute Gasteiger partial charge is 0.309 e. The number of nitrogens with one attached hydrogen (secondary N) is 1. The van der Waals surface area contributed by atoms with Gasteiger partial charge in [-0.15, -0.1) is 0 Å². The molecule has 0 radical (unpaired) electrons. The first-order valence-corrected chi connectivity index (χ1v) is 9.27. The molecule has 3 atom stereocenters. The van der Waals surface area contributed by atoms with E-state index < -0.39 is 9.84 Å². The SMILES string of the molecule is CCC(CSC)NC1CCCC1S(C)(=O)=O. The van der Waals surface area contributed by atoms with Crippen molar-refractivity contribution in [1.82, 2.24) is 5.32 Å². The lowest BCUT2D eigenvalue weighted by Crippen LogP contribution is -2.46. The minimum Gasteiger partial charge on any atom is -0.309 e. The lowest BCUT2D eigenvalue weighted by molar-refractivity contribution is 0.442. The summed E-state index contributed by atoms with van der Waals surface area (Å²) in [4.78, 5) is 0.